The Balaban J connectivity index is 1.27. The summed E-state index contributed by atoms with van der Waals surface area (Å²) in [6, 6.07) is 10.1. The number of aryl methyl sites for hydroxylation is 1. The fourth-order valence-corrected chi connectivity index (χ4v) is 12.5. The standard InChI is InChI=1S/C43H43N5O8S/c1-6-13-47-27-15-23-14-20(2)36(52-5)35(50)30(23)33(47)34-40-32-31(39-38(54-19-55-39)21(3)37(32)56-22(4)49)29(48(34)28(27)16-44)17-53-42(51)43(18-57-40)41-25(11-12-45-43)24-9-7-8-10-26(24)46-41/h6-10,14,27-29,33-34,40,45-46,50H,1,11-13,15,17-19H2,2-5H3/t27-,28-,29-,33-,34?,40+,43+/m0/s1. The van der Waals surface area contributed by atoms with Crippen LogP contribution in [0.3, 0.4) is 0 Å². The van der Waals surface area contributed by atoms with Gasteiger partial charge in [0.25, 0.3) is 0 Å². The van der Waals surface area contributed by atoms with Gasteiger partial charge in [0.1, 0.15) is 18.4 Å². The molecule has 1 spiro atoms. The largest absolute Gasteiger partial charge is 0.504 e. The molecule has 294 valence electrons. The maximum atomic E-state index is 14.9. The summed E-state index contributed by atoms with van der Waals surface area (Å²) >= 11 is 1.55. The Bertz CT molecular complexity index is 2460. The third-order valence-electron chi connectivity index (χ3n) is 13.0. The molecular formula is C43H43N5O8S. The molecule has 2 saturated heterocycles. The number of aromatic hydroxyl groups is 1. The predicted octanol–water partition coefficient (Wildman–Crippen LogP) is 5.31. The molecule has 7 atom stereocenters. The Morgan fingerprint density at radius 3 is 2.75 bits per heavy atom. The van der Waals surface area contributed by atoms with Crippen molar-refractivity contribution in [1.29, 1.82) is 5.26 Å². The zero-order valence-electron chi connectivity index (χ0n) is 32.1. The quantitative estimate of drug-likeness (QED) is 0.139. The van der Waals surface area contributed by atoms with Crippen molar-refractivity contribution in [3.05, 3.63) is 87.6 Å². The van der Waals surface area contributed by atoms with Crippen LogP contribution in [0.4, 0.5) is 0 Å². The highest BCUT2D eigenvalue weighted by atomic mass is 32.2. The minimum absolute atomic E-state index is 0.0451. The lowest BCUT2D eigenvalue weighted by Gasteiger charge is -2.62. The van der Waals surface area contributed by atoms with E-state index in [1.54, 1.807) is 18.9 Å². The van der Waals surface area contributed by atoms with Gasteiger partial charge >= 0.3 is 11.9 Å². The molecule has 13 nitrogen and oxygen atoms in total. The number of methoxy groups -OCH3 is 1. The van der Waals surface area contributed by atoms with Gasteiger partial charge in [-0.25, -0.2) is 4.79 Å². The van der Waals surface area contributed by atoms with Crippen molar-refractivity contribution in [3.63, 3.8) is 0 Å². The van der Waals surface area contributed by atoms with Crippen LogP contribution in [-0.2, 0) is 32.7 Å². The van der Waals surface area contributed by atoms with E-state index in [0.717, 1.165) is 50.8 Å². The van der Waals surface area contributed by atoms with Gasteiger partial charge in [-0.1, -0.05) is 30.3 Å². The highest BCUT2D eigenvalue weighted by molar-refractivity contribution is 7.99. The second kappa shape index (κ2) is 13.2. The van der Waals surface area contributed by atoms with Gasteiger partial charge in [0.15, 0.2) is 28.5 Å². The zero-order chi connectivity index (χ0) is 39.5. The number of nitrogens with one attached hydrogen (secondary N) is 2. The maximum Gasteiger partial charge on any atom is 0.333 e. The van der Waals surface area contributed by atoms with Crippen LogP contribution >= 0.6 is 11.8 Å². The molecule has 57 heavy (non-hydrogen) atoms. The smallest absolute Gasteiger partial charge is 0.333 e. The molecular weight excluding hydrogens is 747 g/mol. The van der Waals surface area contributed by atoms with Gasteiger partial charge in [-0.05, 0) is 49.4 Å². The predicted molar refractivity (Wildman–Crippen MR) is 211 cm³/mol. The summed E-state index contributed by atoms with van der Waals surface area (Å²) in [5, 5.41) is 27.6. The number of para-hydroxylation sites is 1. The summed E-state index contributed by atoms with van der Waals surface area (Å²) in [4.78, 5) is 36.0. The highest BCUT2D eigenvalue weighted by Gasteiger charge is 2.62. The summed E-state index contributed by atoms with van der Waals surface area (Å²) in [6.45, 7) is 10.1. The fraction of sp³-hybridized carbons (Fsp3) is 0.419. The first-order chi connectivity index (χ1) is 27.6. The van der Waals surface area contributed by atoms with Crippen molar-refractivity contribution in [2.75, 3.05) is 39.4 Å². The summed E-state index contributed by atoms with van der Waals surface area (Å²) in [5.74, 6) is 1.06. The molecule has 0 radical (unpaired) electrons. The average molecular weight is 790 g/mol. The highest BCUT2D eigenvalue weighted by Crippen LogP contribution is 2.65. The minimum atomic E-state index is -1.26. The number of piperazine rings is 1. The molecule has 3 N–H and O–H groups in total. The first-order valence-corrected chi connectivity index (χ1v) is 20.4. The van der Waals surface area contributed by atoms with Crippen molar-refractivity contribution in [2.45, 2.75) is 74.6 Å². The van der Waals surface area contributed by atoms with Crippen LogP contribution in [0, 0.1) is 25.2 Å². The number of nitrogens with zero attached hydrogens (tertiary/aromatic N) is 3. The molecule has 1 unspecified atom stereocenters. The summed E-state index contributed by atoms with van der Waals surface area (Å²) in [7, 11) is 1.55. The van der Waals surface area contributed by atoms with E-state index in [1.807, 2.05) is 38.1 Å². The molecule has 7 aliphatic rings. The third-order valence-corrected chi connectivity index (χ3v) is 14.4. The number of nitriles is 1. The minimum Gasteiger partial charge on any atom is -0.504 e. The Kier molecular flexibility index (Phi) is 8.36. The Morgan fingerprint density at radius 2 is 1.98 bits per heavy atom. The number of thioether (sulfide) groups is 1. The molecule has 3 aromatic carbocycles. The van der Waals surface area contributed by atoms with Gasteiger partial charge in [0, 0.05) is 71.0 Å². The van der Waals surface area contributed by atoms with E-state index in [2.05, 4.69) is 44.9 Å². The number of hydrogen-bond acceptors (Lipinski definition) is 13. The number of carbonyl (C=O) groups is 2. The number of aromatic amines is 1. The zero-order valence-corrected chi connectivity index (χ0v) is 33.0. The van der Waals surface area contributed by atoms with Crippen LogP contribution in [0.1, 0.15) is 68.9 Å². The first kappa shape index (κ1) is 36.2. The van der Waals surface area contributed by atoms with Gasteiger partial charge in [0.05, 0.1) is 36.2 Å². The lowest BCUT2D eigenvalue weighted by molar-refractivity contribution is -0.157. The number of fused-ring (bicyclic) bond motifs is 11. The molecule has 0 amide bonds. The van der Waals surface area contributed by atoms with Crippen molar-refractivity contribution in [2.24, 2.45) is 0 Å². The fourth-order valence-electron chi connectivity index (χ4n) is 10.8. The molecule has 14 heteroatoms. The molecule has 2 fully saturated rings. The van der Waals surface area contributed by atoms with Crippen molar-refractivity contribution in [3.8, 4) is 34.8 Å². The number of carbonyl (C=O) groups excluding carboxylic acids is 2. The van der Waals surface area contributed by atoms with Gasteiger partial charge < -0.3 is 33.8 Å². The van der Waals surface area contributed by atoms with E-state index >= 15 is 0 Å². The average Bonchev–Trinajstić information content (AvgIpc) is 3.84. The Labute approximate surface area is 333 Å². The van der Waals surface area contributed by atoms with Gasteiger partial charge in [0.2, 0.25) is 6.79 Å². The molecule has 1 aromatic heterocycles. The number of esters is 2. The molecule has 11 rings (SSSR count). The number of benzene rings is 3. The summed E-state index contributed by atoms with van der Waals surface area (Å²) in [5.41, 5.74) is 6.00. The summed E-state index contributed by atoms with van der Waals surface area (Å²) in [6.07, 6.45) is 3.05. The Morgan fingerprint density at radius 1 is 1.18 bits per heavy atom. The number of hydrogen-bond donors (Lipinski definition) is 3. The van der Waals surface area contributed by atoms with Crippen molar-refractivity contribution >= 4 is 34.6 Å². The first-order valence-electron chi connectivity index (χ1n) is 19.3. The number of H-pyrrole nitrogens is 1. The van der Waals surface area contributed by atoms with Crippen LogP contribution in [0.5, 0.6) is 28.7 Å². The van der Waals surface area contributed by atoms with E-state index in [4.69, 9.17) is 23.7 Å². The molecule has 7 aliphatic heterocycles. The Hall–Kier alpha value is -5.20. The third kappa shape index (κ3) is 4.92. The second-order valence-electron chi connectivity index (χ2n) is 15.8. The molecule has 0 aliphatic carbocycles. The van der Waals surface area contributed by atoms with Crippen molar-refractivity contribution in [1.82, 2.24) is 20.1 Å². The topological polar surface area (TPSA) is 159 Å². The van der Waals surface area contributed by atoms with E-state index in [-0.39, 0.29) is 30.9 Å². The molecule has 4 bridgehead atoms. The molecule has 8 heterocycles. The number of phenols is 1. The SMILES string of the molecule is C=CCN1[C@H]2c3c(cc(C)c(OC)c3O)C[C@H]1[C@H](C#N)N1C2[C@@H]2SC[C@]3(NCCc4c3[nH]c3ccccc43)C(=O)OC[C@H]1c1c3c(c(C)c(OC(C)=O)c12)OCO3. The maximum absolute atomic E-state index is 14.9. The number of aromatic nitrogens is 1. The summed E-state index contributed by atoms with van der Waals surface area (Å²) < 4.78 is 30.9. The van der Waals surface area contributed by atoms with Gasteiger partial charge in [-0.2, -0.15) is 5.26 Å². The number of ether oxygens (including phenoxy) is 5. The van der Waals surface area contributed by atoms with E-state index < -0.39 is 46.9 Å². The molecule has 0 saturated carbocycles. The van der Waals surface area contributed by atoms with Gasteiger partial charge in [-0.3, -0.25) is 19.9 Å². The van der Waals surface area contributed by atoms with Crippen LogP contribution in [0.15, 0.2) is 43.0 Å². The lowest BCUT2D eigenvalue weighted by atomic mass is 9.71. The normalized spacial score (nSPS) is 28.4. The van der Waals surface area contributed by atoms with Crippen molar-refractivity contribution < 1.29 is 38.4 Å². The van der Waals surface area contributed by atoms with E-state index in [0.29, 0.717) is 53.6 Å². The monoisotopic (exact) mass is 789 g/mol. The van der Waals surface area contributed by atoms with Gasteiger partial charge in [-0.15, -0.1) is 18.3 Å². The lowest BCUT2D eigenvalue weighted by Crippen LogP contribution is -2.70. The van der Waals surface area contributed by atoms with Crippen LogP contribution in [-0.4, -0.2) is 89.3 Å². The van der Waals surface area contributed by atoms with E-state index in [1.165, 1.54) is 6.92 Å². The van der Waals surface area contributed by atoms with Crippen LogP contribution in [0.2, 0.25) is 0 Å². The number of phenolic OH excluding ortho intramolecular Hbond substituents is 1. The second-order valence-corrected chi connectivity index (χ2v) is 16.9. The number of rotatable bonds is 4. The van der Waals surface area contributed by atoms with Crippen LogP contribution < -0.4 is 24.3 Å². The molecule has 4 aromatic rings. The van der Waals surface area contributed by atoms with E-state index in [9.17, 15) is 20.0 Å². The van der Waals surface area contributed by atoms with Crippen LogP contribution in [0.25, 0.3) is 10.9 Å².